The smallest absolute Gasteiger partial charge is 0.256 e. The summed E-state index contributed by atoms with van der Waals surface area (Å²) in [6, 6.07) is 13.7. The molecule has 0 fully saturated rings. The molecule has 1 aliphatic rings. The van der Waals surface area contributed by atoms with Crippen LogP contribution in [0.3, 0.4) is 0 Å². The minimum Gasteiger partial charge on any atom is -0.394 e. The van der Waals surface area contributed by atoms with Crippen LogP contribution in [0.5, 0.6) is 0 Å². The summed E-state index contributed by atoms with van der Waals surface area (Å²) in [5.74, 6) is 0.00553. The number of benzene rings is 2. The van der Waals surface area contributed by atoms with Crippen molar-refractivity contribution in [3.05, 3.63) is 53.6 Å². The molecule has 9 nitrogen and oxygen atoms in total. The Balaban J connectivity index is 0.00000197. The maximum absolute atomic E-state index is 12.7. The average Bonchev–Trinajstić information content (AvgIpc) is 3.16. The largest absolute Gasteiger partial charge is 0.394 e. The molecule has 10 heteroatoms. The predicted molar refractivity (Wildman–Crippen MR) is 171 cm³/mol. The van der Waals surface area contributed by atoms with Crippen LogP contribution in [-0.4, -0.2) is 87.8 Å². The molecule has 2 aromatic rings. The Hall–Kier alpha value is -2.18. The van der Waals surface area contributed by atoms with Crippen molar-refractivity contribution in [1.82, 2.24) is 5.32 Å². The zero-order valence-electron chi connectivity index (χ0n) is 25.9. The molecule has 0 aromatic heterocycles. The van der Waals surface area contributed by atoms with Crippen LogP contribution in [0.4, 0.5) is 11.4 Å². The number of carbonyl (C=O) groups excluding carboxylic acids is 1. The van der Waals surface area contributed by atoms with Crippen molar-refractivity contribution in [3.8, 4) is 0 Å². The van der Waals surface area contributed by atoms with Crippen LogP contribution in [0.25, 0.3) is 0 Å². The summed E-state index contributed by atoms with van der Waals surface area (Å²) < 4.78 is 0. The van der Waals surface area contributed by atoms with Crippen molar-refractivity contribution in [3.63, 3.8) is 0 Å². The molecule has 0 radical (unpaired) electrons. The van der Waals surface area contributed by atoms with Crippen molar-refractivity contribution in [2.45, 2.75) is 101 Å². The van der Waals surface area contributed by atoms with Gasteiger partial charge in [-0.05, 0) is 54.3 Å². The Morgan fingerprint density at radius 3 is 2.36 bits per heavy atom. The number of anilines is 2. The number of rotatable bonds is 12. The number of hydrogen-bond acceptors (Lipinski definition) is 9. The second kappa shape index (κ2) is 17.2. The first-order chi connectivity index (χ1) is 20.0. The summed E-state index contributed by atoms with van der Waals surface area (Å²) >= 11 is 1.87. The molecular weight excluding hydrogens is 554 g/mol. The number of carbonyl (C=O) groups is 1. The maximum atomic E-state index is 12.7. The first kappa shape index (κ1) is 36.0. The molecule has 0 saturated heterocycles. The van der Waals surface area contributed by atoms with Gasteiger partial charge in [0, 0.05) is 41.7 Å². The topological polar surface area (TPSA) is 146 Å². The Morgan fingerprint density at radius 2 is 1.76 bits per heavy atom. The van der Waals surface area contributed by atoms with E-state index in [2.05, 4.69) is 61.4 Å². The molecule has 42 heavy (non-hydrogen) atoms. The van der Waals surface area contributed by atoms with Crippen molar-refractivity contribution >= 4 is 29.0 Å². The van der Waals surface area contributed by atoms with E-state index in [1.807, 2.05) is 44.1 Å². The molecular formula is C32H51N3O6S. The monoisotopic (exact) mass is 605 g/mol. The van der Waals surface area contributed by atoms with Gasteiger partial charge in [0.25, 0.3) is 5.91 Å². The minimum absolute atomic E-state index is 0.0775. The zero-order valence-corrected chi connectivity index (χ0v) is 26.7. The van der Waals surface area contributed by atoms with Gasteiger partial charge in [0.15, 0.2) is 6.10 Å². The summed E-state index contributed by atoms with van der Waals surface area (Å²) in [7, 11) is 4.02. The Labute approximate surface area is 255 Å². The van der Waals surface area contributed by atoms with E-state index in [0.717, 1.165) is 48.3 Å². The standard InChI is InChI=1S/C29H43N3O6S.C3H8/c1-5-7-13-29(6-2)17-39-23-12-11-20(32(3)4)15-21(23)24(31-29)18-9-8-10-19(14-18)30-28(38)27(37)26(36)25(35)22(34)16-33;1-3-2/h8-12,14-15,22,24-27,31,33-37H,5-7,13,16-17H2,1-4H3,(H,30,38);3H2,1-2H3/t22?,24?,25-,26+,27-,29+;/m1./s1. The summed E-state index contributed by atoms with van der Waals surface area (Å²) in [6.45, 7) is 7.84. The van der Waals surface area contributed by atoms with Crippen LogP contribution in [0.2, 0.25) is 0 Å². The van der Waals surface area contributed by atoms with E-state index < -0.39 is 36.9 Å². The van der Waals surface area contributed by atoms with Crippen LogP contribution < -0.4 is 15.5 Å². The van der Waals surface area contributed by atoms with Crippen LogP contribution in [0.15, 0.2) is 47.4 Å². The first-order valence-corrected chi connectivity index (χ1v) is 15.9. The number of aliphatic hydroxyl groups excluding tert-OH is 5. The highest BCUT2D eigenvalue weighted by atomic mass is 32.2. The molecule has 2 aromatic carbocycles. The van der Waals surface area contributed by atoms with Crippen molar-refractivity contribution in [2.75, 3.05) is 36.7 Å². The fraction of sp³-hybridized carbons (Fsp3) is 0.594. The van der Waals surface area contributed by atoms with Gasteiger partial charge >= 0.3 is 0 Å². The van der Waals surface area contributed by atoms with Gasteiger partial charge in [0.2, 0.25) is 0 Å². The predicted octanol–water partition coefficient (Wildman–Crippen LogP) is 3.67. The van der Waals surface area contributed by atoms with Crippen molar-refractivity contribution in [1.29, 1.82) is 0 Å². The van der Waals surface area contributed by atoms with E-state index in [1.54, 1.807) is 6.07 Å². The average molecular weight is 606 g/mol. The number of nitrogens with one attached hydrogen (secondary N) is 2. The highest BCUT2D eigenvalue weighted by molar-refractivity contribution is 7.99. The van der Waals surface area contributed by atoms with E-state index >= 15 is 0 Å². The number of aliphatic hydroxyl groups is 5. The van der Waals surface area contributed by atoms with Crippen molar-refractivity contribution < 1.29 is 30.3 Å². The number of fused-ring (bicyclic) bond motifs is 1. The van der Waals surface area contributed by atoms with Gasteiger partial charge in [-0.25, -0.2) is 0 Å². The lowest BCUT2D eigenvalue weighted by Gasteiger charge is -2.36. The number of unbranched alkanes of at least 4 members (excludes halogenated alkanes) is 1. The highest BCUT2D eigenvalue weighted by Gasteiger charge is 2.37. The van der Waals surface area contributed by atoms with E-state index in [4.69, 9.17) is 5.11 Å². The Morgan fingerprint density at radius 1 is 1.07 bits per heavy atom. The molecule has 236 valence electrons. The van der Waals surface area contributed by atoms with Crippen LogP contribution in [-0.2, 0) is 4.79 Å². The van der Waals surface area contributed by atoms with Crippen LogP contribution >= 0.6 is 11.8 Å². The van der Waals surface area contributed by atoms with E-state index in [9.17, 15) is 25.2 Å². The second-order valence-electron chi connectivity index (χ2n) is 11.2. The minimum atomic E-state index is -2.01. The summed E-state index contributed by atoms with van der Waals surface area (Å²) in [6.07, 6.45) is -2.09. The number of thioether (sulfide) groups is 1. The lowest BCUT2D eigenvalue weighted by atomic mass is 9.88. The van der Waals surface area contributed by atoms with Gasteiger partial charge in [-0.15, -0.1) is 11.8 Å². The molecule has 1 aliphatic heterocycles. The molecule has 0 bridgehead atoms. The Kier molecular flexibility index (Phi) is 14.7. The second-order valence-corrected chi connectivity index (χ2v) is 12.2. The molecule has 6 atom stereocenters. The van der Waals surface area contributed by atoms with Gasteiger partial charge in [-0.3, -0.25) is 10.1 Å². The van der Waals surface area contributed by atoms with Crippen molar-refractivity contribution in [2.24, 2.45) is 0 Å². The Bertz CT molecular complexity index is 1120. The summed E-state index contributed by atoms with van der Waals surface area (Å²) in [5, 5.41) is 55.4. The fourth-order valence-electron chi connectivity index (χ4n) is 4.81. The third-order valence-corrected chi connectivity index (χ3v) is 8.85. The quantitative estimate of drug-likeness (QED) is 0.193. The lowest BCUT2D eigenvalue weighted by molar-refractivity contribution is -0.144. The molecule has 0 saturated carbocycles. The number of nitrogens with zero attached hydrogens (tertiary/aromatic N) is 1. The fourth-order valence-corrected chi connectivity index (χ4v) is 6.18. The third-order valence-electron chi connectivity index (χ3n) is 7.47. The SMILES string of the molecule is CCC.CCCC[C@@]1(CC)CSc2ccc(N(C)C)cc2C(c2cccc(NC(=O)[C@H](O)[C@@H](O)[C@H](O)C(O)CO)c2)N1. The van der Waals surface area contributed by atoms with Gasteiger partial charge < -0.3 is 35.7 Å². The lowest BCUT2D eigenvalue weighted by Crippen LogP contribution is -2.50. The van der Waals surface area contributed by atoms with E-state index in [0.29, 0.717) is 5.69 Å². The van der Waals surface area contributed by atoms with Crippen LogP contribution in [0, 0.1) is 0 Å². The molecule has 1 heterocycles. The highest BCUT2D eigenvalue weighted by Crippen LogP contribution is 2.42. The van der Waals surface area contributed by atoms with Gasteiger partial charge in [0.05, 0.1) is 12.6 Å². The summed E-state index contributed by atoms with van der Waals surface area (Å²) in [4.78, 5) is 16.0. The molecule has 3 rings (SSSR count). The molecule has 7 N–H and O–H groups in total. The van der Waals surface area contributed by atoms with Gasteiger partial charge in [-0.1, -0.05) is 59.1 Å². The molecule has 1 amide bonds. The number of hydrogen-bond donors (Lipinski definition) is 7. The molecule has 0 spiro atoms. The van der Waals surface area contributed by atoms with E-state index in [-0.39, 0.29) is 11.6 Å². The van der Waals surface area contributed by atoms with Gasteiger partial charge in [-0.2, -0.15) is 0 Å². The molecule has 2 unspecified atom stereocenters. The number of amides is 1. The van der Waals surface area contributed by atoms with Gasteiger partial charge in [0.1, 0.15) is 18.3 Å². The summed E-state index contributed by atoms with van der Waals surface area (Å²) in [5.41, 5.74) is 3.52. The zero-order chi connectivity index (χ0) is 31.4. The molecule has 0 aliphatic carbocycles. The van der Waals surface area contributed by atoms with E-state index in [1.165, 1.54) is 11.3 Å². The maximum Gasteiger partial charge on any atom is 0.256 e. The third kappa shape index (κ3) is 9.41. The van der Waals surface area contributed by atoms with Crippen LogP contribution in [0.1, 0.15) is 77.0 Å². The first-order valence-electron chi connectivity index (χ1n) is 14.9. The normalized spacial score (nSPS) is 21.1.